The van der Waals surface area contributed by atoms with Crippen molar-refractivity contribution in [3.05, 3.63) is 47.5 Å². The van der Waals surface area contributed by atoms with Crippen LogP contribution in [0, 0.1) is 5.92 Å². The number of aliphatic imine (C=N–C) groups is 1. The molecule has 0 aromatic heterocycles. The molecule has 1 aromatic rings. The standard InChI is InChI=1S/C14H14ClNO2/c1-3-11-8-14(11,13(17)18-2)16-9-10-4-6-12(15)7-5-10/h3-7,9,11H,1,8H2,2H3/t11-,14-/m1/s1. The van der Waals surface area contributed by atoms with E-state index in [4.69, 9.17) is 16.3 Å². The number of carbonyl (C=O) groups is 1. The van der Waals surface area contributed by atoms with Gasteiger partial charge in [-0.25, -0.2) is 4.79 Å². The molecule has 0 amide bonds. The zero-order valence-electron chi connectivity index (χ0n) is 10.1. The van der Waals surface area contributed by atoms with Crippen LogP contribution in [0.2, 0.25) is 5.02 Å². The topological polar surface area (TPSA) is 38.7 Å². The molecule has 1 aliphatic carbocycles. The lowest BCUT2D eigenvalue weighted by atomic mass is 10.2. The van der Waals surface area contributed by atoms with Crippen LogP contribution in [0.15, 0.2) is 41.9 Å². The molecule has 0 saturated heterocycles. The summed E-state index contributed by atoms with van der Waals surface area (Å²) < 4.78 is 4.80. The Morgan fingerprint density at radius 1 is 1.56 bits per heavy atom. The molecule has 0 bridgehead atoms. The van der Waals surface area contributed by atoms with E-state index in [0.717, 1.165) is 5.56 Å². The van der Waals surface area contributed by atoms with E-state index in [-0.39, 0.29) is 11.9 Å². The molecular weight excluding hydrogens is 250 g/mol. The van der Waals surface area contributed by atoms with Crippen molar-refractivity contribution in [1.82, 2.24) is 0 Å². The van der Waals surface area contributed by atoms with Crippen molar-refractivity contribution in [2.75, 3.05) is 7.11 Å². The Morgan fingerprint density at radius 2 is 2.22 bits per heavy atom. The molecule has 94 valence electrons. The molecular formula is C14H14ClNO2. The number of halogens is 1. The molecule has 0 spiro atoms. The highest BCUT2D eigenvalue weighted by Crippen LogP contribution is 2.48. The zero-order chi connectivity index (χ0) is 13.2. The summed E-state index contributed by atoms with van der Waals surface area (Å²) in [6, 6.07) is 7.27. The van der Waals surface area contributed by atoms with E-state index in [9.17, 15) is 4.79 Å². The molecule has 0 heterocycles. The molecule has 4 heteroatoms. The number of esters is 1. The van der Waals surface area contributed by atoms with Gasteiger partial charge in [-0.1, -0.05) is 29.8 Å². The summed E-state index contributed by atoms with van der Waals surface area (Å²) in [6.45, 7) is 3.70. The number of benzene rings is 1. The number of methoxy groups -OCH3 is 1. The summed E-state index contributed by atoms with van der Waals surface area (Å²) in [5.74, 6) is -0.244. The fraction of sp³-hybridized carbons (Fsp3) is 0.286. The van der Waals surface area contributed by atoms with Gasteiger partial charge < -0.3 is 4.74 Å². The van der Waals surface area contributed by atoms with E-state index in [0.29, 0.717) is 11.4 Å². The lowest BCUT2D eigenvalue weighted by molar-refractivity contribution is -0.143. The van der Waals surface area contributed by atoms with Crippen molar-refractivity contribution in [2.45, 2.75) is 12.0 Å². The van der Waals surface area contributed by atoms with Crippen molar-refractivity contribution in [2.24, 2.45) is 10.9 Å². The van der Waals surface area contributed by atoms with E-state index in [1.54, 1.807) is 24.4 Å². The lowest BCUT2D eigenvalue weighted by Gasteiger charge is -2.08. The van der Waals surface area contributed by atoms with Crippen molar-refractivity contribution in [3.63, 3.8) is 0 Å². The molecule has 2 rings (SSSR count). The molecule has 1 fully saturated rings. The second-order valence-corrected chi connectivity index (χ2v) is 4.71. The van der Waals surface area contributed by atoms with Crippen LogP contribution >= 0.6 is 11.6 Å². The summed E-state index contributed by atoms with van der Waals surface area (Å²) in [5.41, 5.74) is 0.133. The Hall–Kier alpha value is -1.61. The lowest BCUT2D eigenvalue weighted by Crippen LogP contribution is -2.24. The molecule has 0 N–H and O–H groups in total. The summed E-state index contributed by atoms with van der Waals surface area (Å²) in [4.78, 5) is 16.1. The van der Waals surface area contributed by atoms with Crippen LogP contribution in [0.25, 0.3) is 0 Å². The number of carbonyl (C=O) groups excluding carboxylic acids is 1. The molecule has 0 radical (unpaired) electrons. The third-order valence-corrected chi connectivity index (χ3v) is 3.37. The molecule has 1 aromatic carbocycles. The summed E-state index contributed by atoms with van der Waals surface area (Å²) >= 11 is 5.80. The number of ether oxygens (including phenoxy) is 1. The first-order chi connectivity index (χ1) is 8.62. The maximum atomic E-state index is 11.7. The number of nitrogens with zero attached hydrogens (tertiary/aromatic N) is 1. The minimum Gasteiger partial charge on any atom is -0.467 e. The Labute approximate surface area is 111 Å². The van der Waals surface area contributed by atoms with Gasteiger partial charge in [0.15, 0.2) is 5.54 Å². The van der Waals surface area contributed by atoms with E-state index in [1.165, 1.54) is 7.11 Å². The van der Waals surface area contributed by atoms with Gasteiger partial charge in [0.25, 0.3) is 0 Å². The van der Waals surface area contributed by atoms with Gasteiger partial charge in [0, 0.05) is 17.2 Å². The van der Waals surface area contributed by atoms with Crippen LogP contribution in [-0.2, 0) is 9.53 Å². The highest BCUT2D eigenvalue weighted by molar-refractivity contribution is 6.30. The number of hydrogen-bond acceptors (Lipinski definition) is 3. The van der Waals surface area contributed by atoms with Crippen LogP contribution < -0.4 is 0 Å². The molecule has 1 aliphatic rings. The largest absolute Gasteiger partial charge is 0.467 e. The van der Waals surface area contributed by atoms with Crippen LogP contribution in [-0.4, -0.2) is 24.8 Å². The van der Waals surface area contributed by atoms with Gasteiger partial charge in [0.1, 0.15) is 0 Å². The normalized spacial score (nSPS) is 26.0. The predicted molar refractivity (Wildman–Crippen MR) is 72.1 cm³/mol. The van der Waals surface area contributed by atoms with Crippen molar-refractivity contribution < 1.29 is 9.53 Å². The molecule has 2 atom stereocenters. The first kappa shape index (κ1) is 12.8. The average molecular weight is 264 g/mol. The SMILES string of the molecule is C=C[C@@H]1C[C@]1(N=Cc1ccc(Cl)cc1)C(=O)OC. The molecule has 0 aliphatic heterocycles. The Balaban J connectivity index is 2.18. The minimum atomic E-state index is -0.768. The zero-order valence-corrected chi connectivity index (χ0v) is 10.9. The molecule has 1 saturated carbocycles. The van der Waals surface area contributed by atoms with Gasteiger partial charge in [-0.3, -0.25) is 4.99 Å². The summed E-state index contributed by atoms with van der Waals surface area (Å²) in [7, 11) is 1.38. The molecule has 0 unspecified atom stereocenters. The third kappa shape index (κ3) is 2.31. The highest BCUT2D eigenvalue weighted by atomic mass is 35.5. The fourth-order valence-corrected chi connectivity index (χ4v) is 2.03. The number of hydrogen-bond donors (Lipinski definition) is 0. The quantitative estimate of drug-likeness (QED) is 0.476. The monoisotopic (exact) mass is 263 g/mol. The van der Waals surface area contributed by atoms with E-state index in [1.807, 2.05) is 12.1 Å². The fourth-order valence-electron chi connectivity index (χ4n) is 1.91. The Kier molecular flexibility index (Phi) is 3.53. The third-order valence-electron chi connectivity index (χ3n) is 3.12. The van der Waals surface area contributed by atoms with Gasteiger partial charge in [0.2, 0.25) is 0 Å². The maximum Gasteiger partial charge on any atom is 0.334 e. The summed E-state index contributed by atoms with van der Waals surface area (Å²) in [6.07, 6.45) is 4.08. The van der Waals surface area contributed by atoms with Crippen molar-refractivity contribution in [3.8, 4) is 0 Å². The predicted octanol–water partition coefficient (Wildman–Crippen LogP) is 2.88. The Bertz CT molecular complexity index is 495. The van der Waals surface area contributed by atoms with Crippen LogP contribution in [0.4, 0.5) is 0 Å². The minimum absolute atomic E-state index is 0.0634. The van der Waals surface area contributed by atoms with Gasteiger partial charge >= 0.3 is 5.97 Å². The van der Waals surface area contributed by atoms with Crippen molar-refractivity contribution in [1.29, 1.82) is 0 Å². The van der Waals surface area contributed by atoms with Gasteiger partial charge in [-0.15, -0.1) is 6.58 Å². The smallest absolute Gasteiger partial charge is 0.334 e. The second kappa shape index (κ2) is 4.94. The van der Waals surface area contributed by atoms with E-state index in [2.05, 4.69) is 11.6 Å². The average Bonchev–Trinajstić information content (AvgIpc) is 3.12. The first-order valence-corrected chi connectivity index (χ1v) is 6.02. The Morgan fingerprint density at radius 3 is 2.72 bits per heavy atom. The molecule has 3 nitrogen and oxygen atoms in total. The van der Waals surface area contributed by atoms with E-state index >= 15 is 0 Å². The van der Waals surface area contributed by atoms with Gasteiger partial charge in [0.05, 0.1) is 7.11 Å². The van der Waals surface area contributed by atoms with Crippen LogP contribution in [0.3, 0.4) is 0 Å². The van der Waals surface area contributed by atoms with E-state index < -0.39 is 5.54 Å². The maximum absolute atomic E-state index is 11.7. The van der Waals surface area contributed by atoms with Crippen molar-refractivity contribution >= 4 is 23.8 Å². The molecule has 18 heavy (non-hydrogen) atoms. The number of rotatable bonds is 4. The van der Waals surface area contributed by atoms with Crippen LogP contribution in [0.5, 0.6) is 0 Å². The highest BCUT2D eigenvalue weighted by Gasteiger charge is 2.59. The van der Waals surface area contributed by atoms with Gasteiger partial charge in [-0.2, -0.15) is 0 Å². The summed E-state index contributed by atoms with van der Waals surface area (Å²) in [5, 5.41) is 0.672. The second-order valence-electron chi connectivity index (χ2n) is 4.27. The first-order valence-electron chi connectivity index (χ1n) is 5.64. The van der Waals surface area contributed by atoms with Gasteiger partial charge in [-0.05, 0) is 24.1 Å². The van der Waals surface area contributed by atoms with Crippen LogP contribution in [0.1, 0.15) is 12.0 Å².